The van der Waals surface area contributed by atoms with E-state index in [1.54, 1.807) is 6.92 Å². The van der Waals surface area contributed by atoms with Crippen molar-refractivity contribution in [2.24, 2.45) is 11.8 Å². The largest absolute Gasteiger partial charge is 0.481 e. The maximum Gasteiger partial charge on any atom is 0.360 e. The van der Waals surface area contributed by atoms with Crippen molar-refractivity contribution in [3.8, 4) is 0 Å². The van der Waals surface area contributed by atoms with E-state index >= 15 is 0 Å². The van der Waals surface area contributed by atoms with E-state index in [0.717, 1.165) is 6.42 Å². The Balaban J connectivity index is 2.55. The minimum atomic E-state index is -0.831. The predicted molar refractivity (Wildman–Crippen MR) is 76.1 cm³/mol. The van der Waals surface area contributed by atoms with Crippen molar-refractivity contribution in [2.45, 2.75) is 33.6 Å². The van der Waals surface area contributed by atoms with Crippen LogP contribution in [0.3, 0.4) is 0 Å². The molecule has 0 aliphatic rings. The maximum absolute atomic E-state index is 11.4. The lowest BCUT2D eigenvalue weighted by molar-refractivity contribution is -0.138. The molecule has 0 aliphatic heterocycles. The Morgan fingerprint density at radius 1 is 1.48 bits per heavy atom. The van der Waals surface area contributed by atoms with Gasteiger partial charge in [-0.1, -0.05) is 13.8 Å². The minimum Gasteiger partial charge on any atom is -0.481 e. The molecule has 118 valence electrons. The Morgan fingerprint density at radius 3 is 2.76 bits per heavy atom. The molecule has 0 spiro atoms. The molecule has 7 nitrogen and oxygen atoms in total. The molecule has 0 saturated carbocycles. The van der Waals surface area contributed by atoms with Gasteiger partial charge in [0.15, 0.2) is 5.69 Å². The number of ether oxygens (including phenoxy) is 1. The van der Waals surface area contributed by atoms with E-state index in [1.807, 2.05) is 13.8 Å². The summed E-state index contributed by atoms with van der Waals surface area (Å²) in [5, 5.41) is 11.8. The van der Waals surface area contributed by atoms with Gasteiger partial charge in [-0.15, -0.1) is 0 Å². The highest BCUT2D eigenvalue weighted by Gasteiger charge is 2.17. The lowest BCUT2D eigenvalue weighted by atomic mass is 9.94. The molecule has 1 aromatic heterocycles. The molecule has 0 aromatic carbocycles. The number of aliphatic carboxylic acids is 1. The summed E-state index contributed by atoms with van der Waals surface area (Å²) in [5.74, 6) is -1.00. The molecule has 7 heteroatoms. The summed E-state index contributed by atoms with van der Waals surface area (Å²) >= 11 is 0. The normalized spacial score (nSPS) is 12.2. The Kier molecular flexibility index (Phi) is 6.71. The molecule has 1 rings (SSSR count). The van der Waals surface area contributed by atoms with Gasteiger partial charge in [0.1, 0.15) is 6.26 Å². The van der Waals surface area contributed by atoms with Crippen molar-refractivity contribution in [3.63, 3.8) is 0 Å². The number of carbonyl (C=O) groups excluding carboxylic acids is 1. The molecule has 1 heterocycles. The first-order chi connectivity index (χ1) is 9.92. The van der Waals surface area contributed by atoms with Crippen LogP contribution >= 0.6 is 0 Å². The molecule has 0 radical (unpaired) electrons. The van der Waals surface area contributed by atoms with E-state index in [2.05, 4.69) is 10.3 Å². The molecular weight excluding hydrogens is 276 g/mol. The third kappa shape index (κ3) is 6.29. The van der Waals surface area contributed by atoms with E-state index in [1.165, 1.54) is 6.26 Å². The van der Waals surface area contributed by atoms with E-state index in [9.17, 15) is 9.59 Å². The van der Waals surface area contributed by atoms with Crippen molar-refractivity contribution in [1.29, 1.82) is 0 Å². The zero-order valence-electron chi connectivity index (χ0n) is 12.6. The van der Waals surface area contributed by atoms with Crippen LogP contribution in [0.2, 0.25) is 0 Å². The lowest BCUT2D eigenvalue weighted by Gasteiger charge is -2.16. The van der Waals surface area contributed by atoms with E-state index < -0.39 is 11.9 Å². The van der Waals surface area contributed by atoms with Gasteiger partial charge in [0.25, 0.3) is 6.01 Å². The number of rotatable bonds is 9. The van der Waals surface area contributed by atoms with Gasteiger partial charge in [-0.3, -0.25) is 4.79 Å². The summed E-state index contributed by atoms with van der Waals surface area (Å²) in [6, 6.07) is 0.192. The van der Waals surface area contributed by atoms with Crippen molar-refractivity contribution in [1.82, 2.24) is 4.98 Å². The Hall–Kier alpha value is -2.05. The average molecular weight is 298 g/mol. The molecule has 1 atom stereocenters. The number of carbonyl (C=O) groups is 2. The fourth-order valence-electron chi connectivity index (χ4n) is 2.04. The summed E-state index contributed by atoms with van der Waals surface area (Å²) in [6.45, 7) is 6.48. The van der Waals surface area contributed by atoms with E-state index in [4.69, 9.17) is 14.3 Å². The summed E-state index contributed by atoms with van der Waals surface area (Å²) in [5.41, 5.74) is 0.0954. The fraction of sp³-hybridized carbons (Fsp3) is 0.643. The standard InChI is InChI=1S/C14H22N2O5/c1-4-20-13(19)11-8-21-14(16-11)15-7-10(5-9(2)3)6-12(17)18/h8-10H,4-7H2,1-3H3,(H,15,16)(H,17,18). The summed E-state index contributed by atoms with van der Waals surface area (Å²) in [7, 11) is 0. The van der Waals surface area contributed by atoms with Crippen LogP contribution in [0.4, 0.5) is 6.01 Å². The third-order valence-corrected chi connectivity index (χ3v) is 2.80. The molecule has 0 bridgehead atoms. The third-order valence-electron chi connectivity index (χ3n) is 2.80. The lowest BCUT2D eigenvalue weighted by Crippen LogP contribution is -2.20. The quantitative estimate of drug-likeness (QED) is 0.675. The fourth-order valence-corrected chi connectivity index (χ4v) is 2.04. The first-order valence-corrected chi connectivity index (χ1v) is 7.00. The van der Waals surface area contributed by atoms with Crippen LogP contribution in [0.5, 0.6) is 0 Å². The molecule has 0 saturated heterocycles. The number of anilines is 1. The van der Waals surface area contributed by atoms with Crippen LogP contribution < -0.4 is 5.32 Å². The van der Waals surface area contributed by atoms with Crippen LogP contribution in [0.15, 0.2) is 10.7 Å². The highest BCUT2D eigenvalue weighted by atomic mass is 16.5. The number of esters is 1. The van der Waals surface area contributed by atoms with Gasteiger partial charge in [0.2, 0.25) is 0 Å². The number of aromatic nitrogens is 1. The predicted octanol–water partition coefficient (Wildman–Crippen LogP) is 2.40. The Morgan fingerprint density at radius 2 is 2.19 bits per heavy atom. The van der Waals surface area contributed by atoms with Gasteiger partial charge in [-0.25, -0.2) is 4.79 Å². The van der Waals surface area contributed by atoms with E-state index in [0.29, 0.717) is 12.5 Å². The Bertz CT molecular complexity index is 470. The molecule has 0 aliphatic carbocycles. The number of hydrogen-bond acceptors (Lipinski definition) is 6. The molecular formula is C14H22N2O5. The second kappa shape index (κ2) is 8.28. The first-order valence-electron chi connectivity index (χ1n) is 7.00. The zero-order chi connectivity index (χ0) is 15.8. The molecule has 1 unspecified atom stereocenters. The number of hydrogen-bond donors (Lipinski definition) is 2. The highest BCUT2D eigenvalue weighted by molar-refractivity contribution is 5.87. The second-order valence-corrected chi connectivity index (χ2v) is 5.23. The van der Waals surface area contributed by atoms with Crippen molar-refractivity contribution < 1.29 is 23.8 Å². The number of carboxylic acids is 1. The smallest absolute Gasteiger partial charge is 0.360 e. The molecule has 0 fully saturated rings. The van der Waals surface area contributed by atoms with Gasteiger partial charge in [-0.2, -0.15) is 4.98 Å². The van der Waals surface area contributed by atoms with Crippen LogP contribution in [0.25, 0.3) is 0 Å². The number of nitrogens with one attached hydrogen (secondary N) is 1. The Labute approximate surface area is 123 Å². The van der Waals surface area contributed by atoms with Gasteiger partial charge >= 0.3 is 11.9 Å². The van der Waals surface area contributed by atoms with Crippen LogP contribution in [-0.2, 0) is 9.53 Å². The molecule has 1 aromatic rings. The highest BCUT2D eigenvalue weighted by Crippen LogP contribution is 2.17. The summed E-state index contributed by atoms with van der Waals surface area (Å²) in [4.78, 5) is 26.2. The van der Waals surface area contributed by atoms with Gasteiger partial charge in [0, 0.05) is 13.0 Å². The average Bonchev–Trinajstić information content (AvgIpc) is 2.83. The first kappa shape index (κ1) is 17.0. The monoisotopic (exact) mass is 298 g/mol. The maximum atomic E-state index is 11.4. The van der Waals surface area contributed by atoms with Crippen molar-refractivity contribution in [2.75, 3.05) is 18.5 Å². The van der Waals surface area contributed by atoms with Gasteiger partial charge in [0.05, 0.1) is 6.61 Å². The van der Waals surface area contributed by atoms with Crippen molar-refractivity contribution in [3.05, 3.63) is 12.0 Å². The summed E-state index contributed by atoms with van der Waals surface area (Å²) in [6.07, 6.45) is 2.08. The van der Waals surface area contributed by atoms with Crippen LogP contribution in [0, 0.1) is 11.8 Å². The van der Waals surface area contributed by atoms with E-state index in [-0.39, 0.29) is 30.7 Å². The van der Waals surface area contributed by atoms with Gasteiger partial charge < -0.3 is 19.6 Å². The molecule has 0 amide bonds. The minimum absolute atomic E-state index is 0.0274. The topological polar surface area (TPSA) is 102 Å². The van der Waals surface area contributed by atoms with Crippen LogP contribution in [-0.4, -0.2) is 35.2 Å². The van der Waals surface area contributed by atoms with Crippen molar-refractivity contribution >= 4 is 18.0 Å². The molecule has 21 heavy (non-hydrogen) atoms. The van der Waals surface area contributed by atoms with Crippen LogP contribution in [0.1, 0.15) is 44.1 Å². The SMILES string of the molecule is CCOC(=O)c1coc(NCC(CC(=O)O)CC(C)C)n1. The summed E-state index contributed by atoms with van der Waals surface area (Å²) < 4.78 is 9.93. The molecule has 2 N–H and O–H groups in total. The number of oxazole rings is 1. The number of carboxylic acid groups (broad SMARTS) is 1. The second-order valence-electron chi connectivity index (χ2n) is 5.23. The zero-order valence-corrected chi connectivity index (χ0v) is 12.6. The number of nitrogens with zero attached hydrogens (tertiary/aromatic N) is 1. The van der Waals surface area contributed by atoms with Gasteiger partial charge in [-0.05, 0) is 25.2 Å².